The largest absolute Gasteiger partial charge is 0.309 e. The molecule has 3 aromatic carbocycles. The Balaban J connectivity index is 2.39. The van der Waals surface area contributed by atoms with Crippen LogP contribution < -0.4 is 10.6 Å². The molecule has 0 aliphatic carbocycles. The molecule has 0 bridgehead atoms. The van der Waals surface area contributed by atoms with Crippen molar-refractivity contribution in [3.63, 3.8) is 0 Å². The summed E-state index contributed by atoms with van der Waals surface area (Å²) in [5.74, 6) is 0. The van der Waals surface area contributed by atoms with E-state index >= 15 is 4.57 Å². The van der Waals surface area contributed by atoms with Crippen LogP contribution in [0.25, 0.3) is 5.31 Å². The first-order valence-electron chi connectivity index (χ1n) is 13.7. The van der Waals surface area contributed by atoms with Gasteiger partial charge in [0.1, 0.15) is 0 Å². The van der Waals surface area contributed by atoms with E-state index in [4.69, 9.17) is 0 Å². The number of unbranched alkanes of at least 4 members (excludes halogenated alkanes) is 3. The first-order chi connectivity index (χ1) is 17.2. The van der Waals surface area contributed by atoms with Gasteiger partial charge in [-0.05, 0) is 12.0 Å². The summed E-state index contributed by atoms with van der Waals surface area (Å²) in [5.41, 5.74) is 2.56. The molecule has 0 unspecified atom stereocenters. The molecule has 3 heteroatoms. The molecule has 0 heterocycles. The minimum absolute atomic E-state index is 0.470. The molecule has 0 aromatic heterocycles. The van der Waals surface area contributed by atoms with Gasteiger partial charge in [0.05, 0.1) is 0 Å². The highest BCUT2D eigenvalue weighted by Gasteiger charge is 2.36. The topological polar surface area (TPSA) is 17.1 Å². The van der Waals surface area contributed by atoms with Crippen molar-refractivity contribution < 1.29 is 4.57 Å². The monoisotopic (exact) mass is 484 g/mol. The molecule has 0 fully saturated rings. The highest BCUT2D eigenvalue weighted by molar-refractivity contribution is 7.87. The Labute approximate surface area is 214 Å². The first kappa shape index (κ1) is 27.3. The van der Waals surface area contributed by atoms with Crippen LogP contribution in [0.3, 0.4) is 0 Å². The standard InChI is InChI=1S/C32H42BOP/c1-4-7-25-31(33(26-8-5-2)27-9-6-3)32(28-19-13-10-14-20-28)35(34,29-21-15-11-16-22-29)30-23-17-12-18-24-30/h10-24H,4-9,25-27H2,1-3H3. The van der Waals surface area contributed by atoms with E-state index in [2.05, 4.69) is 75.4 Å². The fourth-order valence-electron chi connectivity index (χ4n) is 5.13. The number of hydrogen-bond acceptors (Lipinski definition) is 1. The Bertz CT molecular complexity index is 1020. The van der Waals surface area contributed by atoms with Crippen LogP contribution in [0.4, 0.5) is 0 Å². The molecular weight excluding hydrogens is 442 g/mol. The average Bonchev–Trinajstić information content (AvgIpc) is 2.92. The van der Waals surface area contributed by atoms with Crippen LogP contribution >= 0.6 is 7.14 Å². The molecule has 3 aromatic rings. The molecule has 0 aliphatic rings. The summed E-state index contributed by atoms with van der Waals surface area (Å²) >= 11 is 0. The van der Waals surface area contributed by atoms with E-state index < -0.39 is 7.14 Å². The molecule has 0 radical (unpaired) electrons. The fraction of sp³-hybridized carbons (Fsp3) is 0.375. The number of allylic oxidation sites excluding steroid dienone is 1. The van der Waals surface area contributed by atoms with Crippen LogP contribution in [0.2, 0.25) is 12.6 Å². The zero-order valence-corrected chi connectivity index (χ0v) is 22.9. The van der Waals surface area contributed by atoms with Gasteiger partial charge in [0.25, 0.3) is 0 Å². The predicted molar refractivity (Wildman–Crippen MR) is 158 cm³/mol. The lowest BCUT2D eigenvalue weighted by atomic mass is 9.38. The molecule has 184 valence electrons. The lowest BCUT2D eigenvalue weighted by Gasteiger charge is -2.29. The summed E-state index contributed by atoms with van der Waals surface area (Å²) in [6.45, 7) is 7.30. The van der Waals surface area contributed by atoms with Crippen molar-refractivity contribution in [1.29, 1.82) is 0 Å². The molecule has 35 heavy (non-hydrogen) atoms. The third-order valence-electron chi connectivity index (χ3n) is 7.01. The van der Waals surface area contributed by atoms with Gasteiger partial charge in [-0.15, -0.1) is 0 Å². The molecule has 3 rings (SSSR count). The number of benzene rings is 3. The van der Waals surface area contributed by atoms with Gasteiger partial charge >= 0.3 is 0 Å². The van der Waals surface area contributed by atoms with Gasteiger partial charge in [-0.25, -0.2) is 0 Å². The Morgan fingerprint density at radius 2 is 1.06 bits per heavy atom. The number of rotatable bonds is 14. The summed E-state index contributed by atoms with van der Waals surface area (Å²) in [6, 6.07) is 31.1. The van der Waals surface area contributed by atoms with E-state index in [1.54, 1.807) is 0 Å². The lowest BCUT2D eigenvalue weighted by Crippen LogP contribution is -2.23. The first-order valence-corrected chi connectivity index (χ1v) is 15.4. The van der Waals surface area contributed by atoms with E-state index in [0.29, 0.717) is 6.71 Å². The van der Waals surface area contributed by atoms with Crippen LogP contribution in [0, 0.1) is 0 Å². The van der Waals surface area contributed by atoms with Crippen LogP contribution in [-0.2, 0) is 4.57 Å². The van der Waals surface area contributed by atoms with Gasteiger partial charge in [0.15, 0.2) is 13.9 Å². The van der Waals surface area contributed by atoms with Crippen molar-refractivity contribution in [1.82, 2.24) is 0 Å². The SMILES string of the molecule is CCCCB(CCCC)C(CCCC)=C(c1ccccc1)P(=O)(c1ccccc1)c1ccccc1. The molecule has 0 atom stereocenters. The van der Waals surface area contributed by atoms with Crippen molar-refractivity contribution in [2.45, 2.75) is 78.4 Å². The smallest absolute Gasteiger partial charge is 0.171 e. The summed E-state index contributed by atoms with van der Waals surface area (Å²) in [7, 11) is -3.09. The van der Waals surface area contributed by atoms with Crippen molar-refractivity contribution in [3.05, 3.63) is 102 Å². The predicted octanol–water partition coefficient (Wildman–Crippen LogP) is 9.24. The molecule has 0 N–H and O–H groups in total. The van der Waals surface area contributed by atoms with Gasteiger partial charge < -0.3 is 4.57 Å². The summed E-state index contributed by atoms with van der Waals surface area (Å²) < 4.78 is 15.7. The summed E-state index contributed by atoms with van der Waals surface area (Å²) in [5, 5.41) is 2.97. The second kappa shape index (κ2) is 14.3. The molecule has 0 saturated carbocycles. The molecule has 0 spiro atoms. The average molecular weight is 484 g/mol. The molecule has 0 amide bonds. The maximum Gasteiger partial charge on any atom is 0.171 e. The van der Waals surface area contributed by atoms with E-state index in [0.717, 1.165) is 40.7 Å². The van der Waals surface area contributed by atoms with E-state index in [-0.39, 0.29) is 0 Å². The Morgan fingerprint density at radius 1 is 0.629 bits per heavy atom. The van der Waals surface area contributed by atoms with Gasteiger partial charge in [-0.3, -0.25) is 0 Å². The van der Waals surface area contributed by atoms with Gasteiger partial charge in [-0.2, -0.15) is 0 Å². The van der Waals surface area contributed by atoms with Crippen LogP contribution in [0.5, 0.6) is 0 Å². The van der Waals surface area contributed by atoms with Crippen LogP contribution in [-0.4, -0.2) is 6.71 Å². The third kappa shape index (κ3) is 6.89. The zero-order chi connectivity index (χ0) is 24.9. The molecule has 0 aliphatic heterocycles. The summed E-state index contributed by atoms with van der Waals surface area (Å²) in [6.07, 6.45) is 10.5. The molecular formula is C32H42BOP. The Hall–Kier alpha value is -2.31. The Morgan fingerprint density at radius 3 is 1.49 bits per heavy atom. The van der Waals surface area contributed by atoms with Gasteiger partial charge in [0, 0.05) is 15.9 Å². The Kier molecular flexibility index (Phi) is 11.1. The zero-order valence-electron chi connectivity index (χ0n) is 22.0. The van der Waals surface area contributed by atoms with Crippen LogP contribution in [0.1, 0.15) is 71.3 Å². The van der Waals surface area contributed by atoms with Crippen molar-refractivity contribution in [3.8, 4) is 0 Å². The maximum absolute atomic E-state index is 15.7. The minimum atomic E-state index is -3.09. The van der Waals surface area contributed by atoms with Crippen LogP contribution in [0.15, 0.2) is 96.5 Å². The fourth-order valence-corrected chi connectivity index (χ4v) is 8.34. The second-order valence-corrected chi connectivity index (χ2v) is 12.3. The molecule has 0 saturated heterocycles. The minimum Gasteiger partial charge on any atom is -0.309 e. The summed E-state index contributed by atoms with van der Waals surface area (Å²) in [4.78, 5) is 0. The normalized spacial score (nSPS) is 12.3. The van der Waals surface area contributed by atoms with Gasteiger partial charge in [-0.1, -0.05) is 168 Å². The highest BCUT2D eigenvalue weighted by Crippen LogP contribution is 2.59. The van der Waals surface area contributed by atoms with Crippen molar-refractivity contribution >= 4 is 29.8 Å². The van der Waals surface area contributed by atoms with Crippen molar-refractivity contribution in [2.24, 2.45) is 0 Å². The highest BCUT2D eigenvalue weighted by atomic mass is 31.2. The van der Waals surface area contributed by atoms with E-state index in [1.807, 2.05) is 36.4 Å². The maximum atomic E-state index is 15.7. The third-order valence-corrected chi connectivity index (χ3v) is 10.2. The second-order valence-electron chi connectivity index (χ2n) is 9.61. The van der Waals surface area contributed by atoms with Crippen molar-refractivity contribution in [2.75, 3.05) is 0 Å². The van der Waals surface area contributed by atoms with Gasteiger partial charge in [0.2, 0.25) is 0 Å². The number of hydrogen-bond donors (Lipinski definition) is 0. The van der Waals surface area contributed by atoms with E-state index in [9.17, 15) is 0 Å². The lowest BCUT2D eigenvalue weighted by molar-refractivity contribution is 0.592. The van der Waals surface area contributed by atoms with E-state index in [1.165, 1.54) is 43.8 Å². The quantitative estimate of drug-likeness (QED) is 0.165. The molecule has 1 nitrogen and oxygen atoms in total.